The van der Waals surface area contributed by atoms with Gasteiger partial charge in [0, 0.05) is 60.1 Å². The Kier molecular flexibility index (Phi) is 13.8. The maximum absolute atomic E-state index is 6.34. The second kappa shape index (κ2) is 22.2. The van der Waals surface area contributed by atoms with Crippen LogP contribution in [0.15, 0.2) is 279 Å². The lowest BCUT2D eigenvalue weighted by molar-refractivity contribution is 0.00578. The van der Waals surface area contributed by atoms with Crippen molar-refractivity contribution in [2.75, 3.05) is 0 Å². The van der Waals surface area contributed by atoms with Gasteiger partial charge in [0.2, 0.25) is 0 Å². The molecule has 8 heteroatoms. The van der Waals surface area contributed by atoms with Gasteiger partial charge in [-0.05, 0) is 90.8 Å². The fourth-order valence-corrected chi connectivity index (χ4v) is 11.6. The average Bonchev–Trinajstić information content (AvgIpc) is 2.15. The van der Waals surface area contributed by atoms with Crippen LogP contribution in [0.4, 0.5) is 0 Å². The third-order valence-corrected chi connectivity index (χ3v) is 16.6. The van der Waals surface area contributed by atoms with Gasteiger partial charge in [0.05, 0.1) is 33.6 Å². The standard InChI is InChI=1S/C46H30N4.C31H28BNO2/c1-4-15-31(16-5-1)43-40-27-14-26-38(42(40)39-25-10-11-28-41(39)47-43)36-23-12-21-34(29-36)35-22-13-24-37(30-35)46-49-44(32-17-6-2-7-18-32)48-45(50-46)33-19-8-3-9-20-33;1-30(2)31(3,4)35-32(34-30)23-15-10-14-22(20-23)24-17-11-18-26-28(24)25-16-8-9-19-27(25)33-29(26)21-12-6-5-7-13-21/h1-30H;5-20H,1-4H3. The summed E-state index contributed by atoms with van der Waals surface area (Å²) in [7, 11) is -0.395. The second-order valence-electron chi connectivity index (χ2n) is 22.6. The van der Waals surface area contributed by atoms with E-state index in [4.69, 9.17) is 34.2 Å². The number of hydrogen-bond acceptors (Lipinski definition) is 7. The Morgan fingerprint density at radius 2 is 0.600 bits per heavy atom. The molecule has 1 aliphatic heterocycles. The molecule has 85 heavy (non-hydrogen) atoms. The first-order valence-electron chi connectivity index (χ1n) is 28.9. The van der Waals surface area contributed by atoms with E-state index >= 15 is 0 Å². The maximum atomic E-state index is 6.34. The molecule has 0 radical (unpaired) electrons. The lowest BCUT2D eigenvalue weighted by Crippen LogP contribution is -2.41. The van der Waals surface area contributed by atoms with Crippen LogP contribution < -0.4 is 5.46 Å². The number of fused-ring (bicyclic) bond motifs is 6. The van der Waals surface area contributed by atoms with Crippen LogP contribution in [0.2, 0.25) is 0 Å². The van der Waals surface area contributed by atoms with E-state index < -0.39 is 7.12 Å². The van der Waals surface area contributed by atoms with Crippen LogP contribution in [-0.4, -0.2) is 43.2 Å². The largest absolute Gasteiger partial charge is 0.494 e. The summed E-state index contributed by atoms with van der Waals surface area (Å²) in [5.74, 6) is 1.93. The van der Waals surface area contributed by atoms with Crippen molar-refractivity contribution in [3.63, 3.8) is 0 Å². The van der Waals surface area contributed by atoms with Gasteiger partial charge >= 0.3 is 7.12 Å². The van der Waals surface area contributed by atoms with Crippen LogP contribution in [0.5, 0.6) is 0 Å². The number of rotatable bonds is 9. The lowest BCUT2D eigenvalue weighted by Gasteiger charge is -2.32. The Morgan fingerprint density at radius 3 is 1.07 bits per heavy atom. The van der Waals surface area contributed by atoms with E-state index in [1.54, 1.807) is 0 Å². The summed E-state index contributed by atoms with van der Waals surface area (Å²) in [4.78, 5) is 25.0. The van der Waals surface area contributed by atoms with E-state index in [1.165, 1.54) is 21.9 Å². The minimum atomic E-state index is -0.395. The van der Waals surface area contributed by atoms with E-state index in [-0.39, 0.29) is 11.2 Å². The zero-order chi connectivity index (χ0) is 57.5. The molecular formula is C77H58BN5O2. The van der Waals surface area contributed by atoms with E-state index in [1.807, 2.05) is 72.8 Å². The molecular weight excluding hydrogens is 1040 g/mol. The van der Waals surface area contributed by atoms with E-state index in [0.717, 1.165) is 99.5 Å². The molecule has 1 fully saturated rings. The van der Waals surface area contributed by atoms with Gasteiger partial charge in [0.1, 0.15) is 0 Å². The highest BCUT2D eigenvalue weighted by Crippen LogP contribution is 2.42. The number of para-hydroxylation sites is 2. The Bertz CT molecular complexity index is 4710. The SMILES string of the molecule is CC1(C)OB(c2cccc(-c3cccc4c(-c5ccccc5)nc5ccccc5c34)c2)OC1(C)C.c1ccc(-c2nc(-c3ccccc3)nc(-c3cccc(-c4cccc(-c5cccc6c(-c7ccccc7)nc7ccccc7c56)c4)c3)n2)cc1. The van der Waals surface area contributed by atoms with Crippen molar-refractivity contribution in [3.8, 4) is 90.1 Å². The fourth-order valence-electron chi connectivity index (χ4n) is 11.6. The molecule has 7 nitrogen and oxygen atoms in total. The Morgan fingerprint density at radius 1 is 0.271 bits per heavy atom. The van der Waals surface area contributed by atoms with E-state index in [9.17, 15) is 0 Å². The van der Waals surface area contributed by atoms with Crippen molar-refractivity contribution < 1.29 is 9.31 Å². The van der Waals surface area contributed by atoms with Gasteiger partial charge in [-0.15, -0.1) is 0 Å². The number of aromatic nitrogens is 5. The summed E-state index contributed by atoms with van der Waals surface area (Å²) in [5.41, 5.74) is 16.1. The molecule has 0 spiro atoms. The summed E-state index contributed by atoms with van der Waals surface area (Å²) < 4.78 is 12.7. The van der Waals surface area contributed by atoms with Crippen molar-refractivity contribution in [2.45, 2.75) is 38.9 Å². The monoisotopic (exact) mass is 1100 g/mol. The first-order valence-corrected chi connectivity index (χ1v) is 28.9. The first kappa shape index (κ1) is 52.8. The molecule has 0 N–H and O–H groups in total. The third-order valence-electron chi connectivity index (χ3n) is 16.6. The molecule has 15 rings (SSSR count). The molecule has 0 atom stereocenters. The van der Waals surface area contributed by atoms with Crippen LogP contribution in [0, 0.1) is 0 Å². The Labute approximate surface area is 495 Å². The number of benzene rings is 11. The quantitative estimate of drug-likeness (QED) is 0.105. The first-order chi connectivity index (χ1) is 41.6. The number of nitrogens with zero attached hydrogens (tertiary/aromatic N) is 5. The highest BCUT2D eigenvalue weighted by molar-refractivity contribution is 6.62. The summed E-state index contributed by atoms with van der Waals surface area (Å²) in [6, 6.07) is 96.8. The Balaban J connectivity index is 0.000000161. The molecule has 11 aromatic carbocycles. The van der Waals surface area contributed by atoms with Gasteiger partial charge in [-0.1, -0.05) is 255 Å². The second-order valence-corrected chi connectivity index (χ2v) is 22.6. The van der Waals surface area contributed by atoms with Crippen molar-refractivity contribution >= 4 is 55.9 Å². The predicted octanol–water partition coefficient (Wildman–Crippen LogP) is 18.6. The van der Waals surface area contributed by atoms with Crippen molar-refractivity contribution in [1.82, 2.24) is 24.9 Å². The smallest absolute Gasteiger partial charge is 0.399 e. The average molecular weight is 1100 g/mol. The zero-order valence-electron chi connectivity index (χ0n) is 47.7. The summed E-state index contributed by atoms with van der Waals surface area (Å²) in [6.07, 6.45) is 0. The van der Waals surface area contributed by atoms with Crippen LogP contribution in [0.1, 0.15) is 27.7 Å². The topological polar surface area (TPSA) is 82.9 Å². The predicted molar refractivity (Wildman–Crippen MR) is 351 cm³/mol. The fraction of sp³-hybridized carbons (Fsp3) is 0.0779. The van der Waals surface area contributed by atoms with E-state index in [0.29, 0.717) is 17.5 Å². The van der Waals surface area contributed by atoms with Crippen LogP contribution in [0.25, 0.3) is 133 Å². The maximum Gasteiger partial charge on any atom is 0.494 e. The summed E-state index contributed by atoms with van der Waals surface area (Å²) in [6.45, 7) is 8.36. The van der Waals surface area contributed by atoms with Crippen molar-refractivity contribution in [2.24, 2.45) is 0 Å². The van der Waals surface area contributed by atoms with Gasteiger partial charge in [0.15, 0.2) is 17.5 Å². The molecule has 3 aromatic heterocycles. The molecule has 14 aromatic rings. The molecule has 406 valence electrons. The number of hydrogen-bond donors (Lipinski definition) is 0. The molecule has 0 unspecified atom stereocenters. The minimum absolute atomic E-state index is 0.375. The highest BCUT2D eigenvalue weighted by atomic mass is 16.7. The normalized spacial score (nSPS) is 13.5. The van der Waals surface area contributed by atoms with Crippen molar-refractivity contribution in [1.29, 1.82) is 0 Å². The van der Waals surface area contributed by atoms with Gasteiger partial charge in [-0.3, -0.25) is 0 Å². The molecule has 1 saturated heterocycles. The molecule has 1 aliphatic rings. The Hall–Kier alpha value is -10.2. The molecule has 0 bridgehead atoms. The molecule has 0 aliphatic carbocycles. The molecule has 0 saturated carbocycles. The zero-order valence-corrected chi connectivity index (χ0v) is 47.7. The van der Waals surface area contributed by atoms with Gasteiger partial charge < -0.3 is 9.31 Å². The van der Waals surface area contributed by atoms with Crippen LogP contribution in [0.3, 0.4) is 0 Å². The molecule has 4 heterocycles. The summed E-state index contributed by atoms with van der Waals surface area (Å²) in [5, 5.41) is 6.99. The summed E-state index contributed by atoms with van der Waals surface area (Å²) >= 11 is 0. The lowest BCUT2D eigenvalue weighted by atomic mass is 9.77. The van der Waals surface area contributed by atoms with Gasteiger partial charge in [-0.2, -0.15) is 0 Å². The van der Waals surface area contributed by atoms with Crippen LogP contribution in [-0.2, 0) is 9.31 Å². The number of pyridine rings is 2. The van der Waals surface area contributed by atoms with Gasteiger partial charge in [-0.25, -0.2) is 24.9 Å². The minimum Gasteiger partial charge on any atom is -0.399 e. The molecule has 0 amide bonds. The van der Waals surface area contributed by atoms with Crippen molar-refractivity contribution in [3.05, 3.63) is 279 Å². The van der Waals surface area contributed by atoms with Gasteiger partial charge in [0.25, 0.3) is 0 Å². The van der Waals surface area contributed by atoms with E-state index in [2.05, 4.69) is 234 Å². The van der Waals surface area contributed by atoms with Crippen LogP contribution >= 0.6 is 0 Å². The highest BCUT2D eigenvalue weighted by Gasteiger charge is 2.51. The third kappa shape index (κ3) is 10.2.